The second kappa shape index (κ2) is 9.08. The maximum atomic E-state index is 11.4. The number of hydrogen-bond acceptors (Lipinski definition) is 3. The number of unbranched alkanes of at least 4 members (excludes halogenated alkanes) is 3. The van der Waals surface area contributed by atoms with Crippen molar-refractivity contribution in [3.05, 3.63) is 0 Å². The highest BCUT2D eigenvalue weighted by Crippen LogP contribution is 2.04. The van der Waals surface area contributed by atoms with Gasteiger partial charge in [0.15, 0.2) is 0 Å². The molecule has 106 valence electrons. The Hall–Kier alpha value is -0.910. The topological polar surface area (TPSA) is 78.4 Å². The number of carboxylic acids is 1. The van der Waals surface area contributed by atoms with E-state index in [1.807, 2.05) is 11.8 Å². The summed E-state index contributed by atoms with van der Waals surface area (Å²) in [5.74, 6) is 0.135. The molecule has 0 radical (unpaired) electrons. The van der Waals surface area contributed by atoms with E-state index in [9.17, 15) is 9.59 Å². The summed E-state index contributed by atoms with van der Waals surface area (Å²) in [6.07, 6.45) is 6.48. The van der Waals surface area contributed by atoms with Crippen molar-refractivity contribution in [1.82, 2.24) is 10.6 Å². The molecule has 0 heterocycles. The molecule has 6 heteroatoms. The van der Waals surface area contributed by atoms with Gasteiger partial charge in [0.05, 0.1) is 0 Å². The Morgan fingerprint density at radius 3 is 2.33 bits per heavy atom. The lowest BCUT2D eigenvalue weighted by Gasteiger charge is -2.21. The fourth-order valence-electron chi connectivity index (χ4n) is 1.31. The minimum atomic E-state index is -1.23. The van der Waals surface area contributed by atoms with Gasteiger partial charge in [-0.15, -0.1) is 0 Å². The Morgan fingerprint density at radius 2 is 1.78 bits per heavy atom. The van der Waals surface area contributed by atoms with Crippen molar-refractivity contribution in [2.24, 2.45) is 0 Å². The Bertz CT molecular complexity index is 270. The number of amides is 2. The van der Waals surface area contributed by atoms with Crippen LogP contribution in [0.25, 0.3) is 0 Å². The maximum Gasteiger partial charge on any atom is 0.328 e. The maximum absolute atomic E-state index is 11.4. The Morgan fingerprint density at radius 1 is 1.17 bits per heavy atom. The van der Waals surface area contributed by atoms with Crippen molar-refractivity contribution in [3.8, 4) is 0 Å². The summed E-state index contributed by atoms with van der Waals surface area (Å²) in [6, 6.07) is -0.425. The third-order valence-corrected chi connectivity index (χ3v) is 3.22. The van der Waals surface area contributed by atoms with Gasteiger partial charge in [0.1, 0.15) is 5.54 Å². The lowest BCUT2D eigenvalue weighted by atomic mass is 10.1. The number of aliphatic carboxylic acids is 1. The van der Waals surface area contributed by atoms with Crippen LogP contribution in [-0.4, -0.2) is 41.2 Å². The zero-order valence-corrected chi connectivity index (χ0v) is 12.2. The van der Waals surface area contributed by atoms with E-state index >= 15 is 0 Å². The third-order valence-electron chi connectivity index (χ3n) is 2.52. The highest BCUT2D eigenvalue weighted by molar-refractivity contribution is 7.98. The SMILES string of the molecule is CSCCCCCCNC(=O)NC(C)(C)C(=O)O. The first kappa shape index (κ1) is 17.1. The van der Waals surface area contributed by atoms with Crippen LogP contribution in [0.3, 0.4) is 0 Å². The van der Waals surface area contributed by atoms with Gasteiger partial charge in [0.2, 0.25) is 0 Å². The molecule has 5 nitrogen and oxygen atoms in total. The van der Waals surface area contributed by atoms with E-state index in [0.717, 1.165) is 12.8 Å². The Kier molecular flexibility index (Phi) is 8.62. The fraction of sp³-hybridized carbons (Fsp3) is 0.833. The van der Waals surface area contributed by atoms with Crippen LogP contribution in [0.4, 0.5) is 4.79 Å². The molecule has 0 rings (SSSR count). The fourth-order valence-corrected chi connectivity index (χ4v) is 1.80. The second-order valence-electron chi connectivity index (χ2n) is 4.72. The molecule has 0 aromatic carbocycles. The molecule has 0 atom stereocenters. The molecule has 2 amide bonds. The van der Waals surface area contributed by atoms with Gasteiger partial charge >= 0.3 is 12.0 Å². The lowest BCUT2D eigenvalue weighted by molar-refractivity contribution is -0.142. The molecule has 3 N–H and O–H groups in total. The number of carbonyl (C=O) groups is 2. The lowest BCUT2D eigenvalue weighted by Crippen LogP contribution is -2.53. The molecule has 0 unspecified atom stereocenters. The first-order valence-electron chi connectivity index (χ1n) is 6.18. The normalized spacial score (nSPS) is 11.1. The standard InChI is InChI=1S/C12H24N2O3S/c1-12(2,10(15)16)14-11(17)13-8-6-4-5-7-9-18-3/h4-9H2,1-3H3,(H,15,16)(H2,13,14,17). The second-order valence-corrected chi connectivity index (χ2v) is 5.70. The van der Waals surface area contributed by atoms with E-state index in [0.29, 0.717) is 6.54 Å². The predicted molar refractivity (Wildman–Crippen MR) is 75.1 cm³/mol. The number of urea groups is 1. The monoisotopic (exact) mass is 276 g/mol. The van der Waals surface area contributed by atoms with Gasteiger partial charge in [-0.1, -0.05) is 12.8 Å². The van der Waals surface area contributed by atoms with Gasteiger partial charge in [-0.25, -0.2) is 9.59 Å². The smallest absolute Gasteiger partial charge is 0.328 e. The van der Waals surface area contributed by atoms with E-state index < -0.39 is 17.5 Å². The van der Waals surface area contributed by atoms with Gasteiger partial charge in [0.25, 0.3) is 0 Å². The van der Waals surface area contributed by atoms with Crippen LogP contribution in [-0.2, 0) is 4.79 Å². The Labute approximate surface area is 113 Å². The van der Waals surface area contributed by atoms with Crippen LogP contribution in [0.15, 0.2) is 0 Å². The number of hydrogen-bond donors (Lipinski definition) is 3. The van der Waals surface area contributed by atoms with Gasteiger partial charge < -0.3 is 15.7 Å². The largest absolute Gasteiger partial charge is 0.480 e. The summed E-state index contributed by atoms with van der Waals surface area (Å²) in [4.78, 5) is 22.2. The molecule has 0 fully saturated rings. The molecular formula is C12H24N2O3S. The summed E-state index contributed by atoms with van der Waals surface area (Å²) in [6.45, 7) is 3.50. The van der Waals surface area contributed by atoms with Gasteiger partial charge in [-0.05, 0) is 38.7 Å². The van der Waals surface area contributed by atoms with Gasteiger partial charge in [-0.2, -0.15) is 11.8 Å². The molecule has 0 spiro atoms. The predicted octanol–water partition coefficient (Wildman–Crippen LogP) is 2.07. The van der Waals surface area contributed by atoms with E-state index in [1.165, 1.54) is 32.4 Å². The van der Waals surface area contributed by atoms with E-state index in [4.69, 9.17) is 5.11 Å². The highest BCUT2D eigenvalue weighted by Gasteiger charge is 2.28. The van der Waals surface area contributed by atoms with Crippen molar-refractivity contribution in [1.29, 1.82) is 0 Å². The summed E-state index contributed by atoms with van der Waals surface area (Å²) in [5.41, 5.74) is -1.23. The van der Waals surface area contributed by atoms with Gasteiger partial charge in [0, 0.05) is 6.54 Å². The first-order chi connectivity index (χ1) is 8.40. The van der Waals surface area contributed by atoms with Crippen LogP contribution in [0.5, 0.6) is 0 Å². The van der Waals surface area contributed by atoms with Crippen LogP contribution in [0.1, 0.15) is 39.5 Å². The number of thioether (sulfide) groups is 1. The highest BCUT2D eigenvalue weighted by atomic mass is 32.2. The van der Waals surface area contributed by atoms with Crippen molar-refractivity contribution < 1.29 is 14.7 Å². The molecule has 0 aliphatic heterocycles. The van der Waals surface area contributed by atoms with Crippen molar-refractivity contribution in [2.75, 3.05) is 18.6 Å². The molecule has 0 aliphatic carbocycles. The average molecular weight is 276 g/mol. The number of nitrogens with one attached hydrogen (secondary N) is 2. The summed E-state index contributed by atoms with van der Waals surface area (Å²) < 4.78 is 0. The molecule has 0 aromatic heterocycles. The zero-order valence-electron chi connectivity index (χ0n) is 11.4. The molecule has 0 saturated carbocycles. The van der Waals surface area contributed by atoms with Crippen molar-refractivity contribution in [2.45, 2.75) is 45.1 Å². The molecule has 0 aromatic rings. The number of carboxylic acid groups (broad SMARTS) is 1. The quantitative estimate of drug-likeness (QED) is 0.563. The van der Waals surface area contributed by atoms with E-state index in [2.05, 4.69) is 16.9 Å². The van der Waals surface area contributed by atoms with E-state index in [-0.39, 0.29) is 0 Å². The summed E-state index contributed by atoms with van der Waals surface area (Å²) >= 11 is 1.84. The zero-order chi connectivity index (χ0) is 14.0. The van der Waals surface area contributed by atoms with Crippen molar-refractivity contribution >= 4 is 23.8 Å². The average Bonchev–Trinajstić information content (AvgIpc) is 2.27. The van der Waals surface area contributed by atoms with Crippen molar-refractivity contribution in [3.63, 3.8) is 0 Å². The molecule has 18 heavy (non-hydrogen) atoms. The minimum Gasteiger partial charge on any atom is -0.480 e. The first-order valence-corrected chi connectivity index (χ1v) is 7.58. The van der Waals surface area contributed by atoms with Crippen LogP contribution >= 0.6 is 11.8 Å². The summed E-state index contributed by atoms with van der Waals surface area (Å²) in [7, 11) is 0. The summed E-state index contributed by atoms with van der Waals surface area (Å²) in [5, 5.41) is 13.9. The van der Waals surface area contributed by atoms with Crippen LogP contribution in [0, 0.1) is 0 Å². The van der Waals surface area contributed by atoms with Gasteiger partial charge in [-0.3, -0.25) is 0 Å². The Balaban J connectivity index is 3.57. The minimum absolute atomic E-state index is 0.425. The van der Waals surface area contributed by atoms with Crippen LogP contribution in [0.2, 0.25) is 0 Å². The third kappa shape index (κ3) is 8.22. The molecular weight excluding hydrogens is 252 g/mol. The molecule has 0 bridgehead atoms. The van der Waals surface area contributed by atoms with Crippen LogP contribution < -0.4 is 10.6 Å². The number of rotatable bonds is 9. The molecule has 0 saturated heterocycles. The number of carbonyl (C=O) groups excluding carboxylic acids is 1. The van der Waals surface area contributed by atoms with E-state index in [1.54, 1.807) is 0 Å². The molecule has 0 aliphatic rings.